The first-order valence-electron chi connectivity index (χ1n) is 6.11. The molecule has 2 N–H and O–H groups in total. The molecule has 3 atom stereocenters. The molecule has 1 saturated carbocycles. The lowest BCUT2D eigenvalue weighted by atomic mass is 10.1. The van der Waals surface area contributed by atoms with Crippen LogP contribution in [0.25, 0.3) is 0 Å². The predicted octanol–water partition coefficient (Wildman–Crippen LogP) is 1.07. The van der Waals surface area contributed by atoms with E-state index in [1.165, 1.54) is 19.2 Å². The third-order valence-corrected chi connectivity index (χ3v) is 5.98. The van der Waals surface area contributed by atoms with Gasteiger partial charge in [0.05, 0.1) is 17.4 Å². The van der Waals surface area contributed by atoms with Crippen molar-refractivity contribution < 1.29 is 17.5 Å². The van der Waals surface area contributed by atoms with Crippen LogP contribution in [0.1, 0.15) is 18.4 Å². The van der Waals surface area contributed by atoms with Gasteiger partial charge in [-0.25, -0.2) is 12.8 Å². The Bertz CT molecular complexity index is 575. The van der Waals surface area contributed by atoms with Gasteiger partial charge >= 0.3 is 0 Å². The molecule has 1 aromatic rings. The summed E-state index contributed by atoms with van der Waals surface area (Å²) in [4.78, 5) is 0. The Kier molecular flexibility index (Phi) is 3.68. The molecule has 0 aromatic heterocycles. The Hall–Kier alpha value is -0.980. The molecule has 0 radical (unpaired) electrons. The maximum absolute atomic E-state index is 13.3. The first kappa shape index (κ1) is 14.4. The molecule has 6 heteroatoms. The van der Waals surface area contributed by atoms with Crippen molar-refractivity contribution in [3.05, 3.63) is 35.6 Å². The van der Waals surface area contributed by atoms with Crippen molar-refractivity contribution in [2.24, 2.45) is 5.73 Å². The molecule has 19 heavy (non-hydrogen) atoms. The van der Waals surface area contributed by atoms with E-state index in [-0.39, 0.29) is 12.4 Å². The Morgan fingerprint density at radius 1 is 1.47 bits per heavy atom. The largest absolute Gasteiger partial charge is 0.383 e. The summed E-state index contributed by atoms with van der Waals surface area (Å²) < 4.78 is 42.5. The van der Waals surface area contributed by atoms with Crippen molar-refractivity contribution in [1.29, 1.82) is 0 Å². The van der Waals surface area contributed by atoms with E-state index in [2.05, 4.69) is 0 Å². The van der Waals surface area contributed by atoms with Gasteiger partial charge in [-0.05, 0) is 17.7 Å². The van der Waals surface area contributed by atoms with Crippen LogP contribution in [0.4, 0.5) is 4.39 Å². The van der Waals surface area contributed by atoms with Crippen molar-refractivity contribution in [2.45, 2.75) is 23.6 Å². The van der Waals surface area contributed by atoms with Gasteiger partial charge in [0.15, 0.2) is 9.84 Å². The topological polar surface area (TPSA) is 69.4 Å². The monoisotopic (exact) mass is 287 g/mol. The number of hydrogen-bond donors (Lipinski definition) is 1. The highest BCUT2D eigenvalue weighted by Crippen LogP contribution is 2.54. The van der Waals surface area contributed by atoms with E-state index >= 15 is 0 Å². The van der Waals surface area contributed by atoms with Crippen molar-refractivity contribution in [3.8, 4) is 0 Å². The Balaban J connectivity index is 2.39. The molecule has 0 unspecified atom stereocenters. The fraction of sp³-hybridized carbons (Fsp3) is 0.538. The number of hydrogen-bond acceptors (Lipinski definition) is 4. The standard InChI is InChI=1S/C13H18FNO3S/c1-3-19(16,17)12-11(13(12,15)8-18-2)9-5-4-6-10(14)7-9/h4-7,11-12H,3,8,15H2,1-2H3/t11-,12-,13+/m1/s1. The van der Waals surface area contributed by atoms with Crippen LogP contribution in [0.5, 0.6) is 0 Å². The minimum atomic E-state index is -3.29. The van der Waals surface area contributed by atoms with E-state index in [0.29, 0.717) is 5.56 Å². The Morgan fingerprint density at radius 2 is 2.16 bits per heavy atom. The van der Waals surface area contributed by atoms with E-state index < -0.39 is 32.4 Å². The van der Waals surface area contributed by atoms with Gasteiger partial charge in [0, 0.05) is 18.8 Å². The first-order chi connectivity index (χ1) is 8.86. The molecule has 4 nitrogen and oxygen atoms in total. The summed E-state index contributed by atoms with van der Waals surface area (Å²) in [6.45, 7) is 1.72. The SMILES string of the molecule is CCS(=O)(=O)[C@@H]1[C@@H](c2cccc(F)c2)[C@@]1(N)COC. The fourth-order valence-electron chi connectivity index (χ4n) is 2.75. The summed E-state index contributed by atoms with van der Waals surface area (Å²) in [6, 6.07) is 5.93. The van der Waals surface area contributed by atoms with Crippen LogP contribution in [0, 0.1) is 5.82 Å². The van der Waals surface area contributed by atoms with Crippen LogP contribution in [0.3, 0.4) is 0 Å². The minimum absolute atomic E-state index is 0.0200. The predicted molar refractivity (Wildman–Crippen MR) is 71.2 cm³/mol. The molecule has 2 rings (SSSR count). The highest BCUT2D eigenvalue weighted by atomic mass is 32.2. The van der Waals surface area contributed by atoms with Gasteiger partial charge < -0.3 is 10.5 Å². The third-order valence-electron chi connectivity index (χ3n) is 3.69. The van der Waals surface area contributed by atoms with Gasteiger partial charge in [0.25, 0.3) is 0 Å². The zero-order valence-electron chi connectivity index (χ0n) is 11.0. The first-order valence-corrected chi connectivity index (χ1v) is 7.83. The number of sulfone groups is 1. The van der Waals surface area contributed by atoms with E-state index in [0.717, 1.165) is 0 Å². The zero-order valence-corrected chi connectivity index (χ0v) is 11.8. The van der Waals surface area contributed by atoms with Gasteiger partial charge in [-0.3, -0.25) is 0 Å². The van der Waals surface area contributed by atoms with Crippen LogP contribution in [-0.2, 0) is 14.6 Å². The van der Waals surface area contributed by atoms with Gasteiger partial charge in [0.2, 0.25) is 0 Å². The highest BCUT2D eigenvalue weighted by molar-refractivity contribution is 7.92. The lowest BCUT2D eigenvalue weighted by Crippen LogP contribution is -2.36. The number of methoxy groups -OCH3 is 1. The minimum Gasteiger partial charge on any atom is -0.383 e. The zero-order chi connectivity index (χ0) is 14.3. The number of benzene rings is 1. The maximum Gasteiger partial charge on any atom is 0.155 e. The van der Waals surface area contributed by atoms with E-state index in [4.69, 9.17) is 10.5 Å². The van der Waals surface area contributed by atoms with Gasteiger partial charge in [-0.15, -0.1) is 0 Å². The van der Waals surface area contributed by atoms with Crippen molar-refractivity contribution in [2.75, 3.05) is 19.5 Å². The van der Waals surface area contributed by atoms with Crippen molar-refractivity contribution in [1.82, 2.24) is 0 Å². The van der Waals surface area contributed by atoms with Crippen LogP contribution in [0.15, 0.2) is 24.3 Å². The number of rotatable bonds is 5. The van der Waals surface area contributed by atoms with E-state index in [9.17, 15) is 12.8 Å². The molecule has 0 heterocycles. The fourth-order valence-corrected chi connectivity index (χ4v) is 4.74. The molecule has 1 aliphatic carbocycles. The normalized spacial score (nSPS) is 30.3. The second kappa shape index (κ2) is 4.85. The molecular weight excluding hydrogens is 269 g/mol. The molecule has 0 spiro atoms. The smallest absolute Gasteiger partial charge is 0.155 e. The maximum atomic E-state index is 13.3. The summed E-state index contributed by atoms with van der Waals surface area (Å²) in [6.07, 6.45) is 0. The average Bonchev–Trinajstić information content (AvgIpc) is 2.96. The van der Waals surface area contributed by atoms with E-state index in [1.54, 1.807) is 19.1 Å². The average molecular weight is 287 g/mol. The second-order valence-corrected chi connectivity index (χ2v) is 7.36. The molecular formula is C13H18FNO3S. The molecule has 0 bridgehead atoms. The summed E-state index contributed by atoms with van der Waals surface area (Å²) in [5, 5.41) is -0.702. The quantitative estimate of drug-likeness (QED) is 0.879. The van der Waals surface area contributed by atoms with Gasteiger partial charge in [-0.1, -0.05) is 19.1 Å². The lowest BCUT2D eigenvalue weighted by molar-refractivity contribution is 0.171. The van der Waals surface area contributed by atoms with Gasteiger partial charge in [0.1, 0.15) is 5.82 Å². The van der Waals surface area contributed by atoms with E-state index in [1.807, 2.05) is 0 Å². The molecule has 1 aromatic carbocycles. The molecule has 0 amide bonds. The summed E-state index contributed by atoms with van der Waals surface area (Å²) in [5.74, 6) is -0.781. The van der Waals surface area contributed by atoms with Crippen molar-refractivity contribution >= 4 is 9.84 Å². The highest BCUT2D eigenvalue weighted by Gasteiger charge is 2.68. The van der Waals surface area contributed by atoms with Crippen LogP contribution in [0.2, 0.25) is 0 Å². The Labute approximate surface area is 112 Å². The molecule has 1 fully saturated rings. The summed E-state index contributed by atoms with van der Waals surface area (Å²) >= 11 is 0. The lowest BCUT2D eigenvalue weighted by Gasteiger charge is -2.10. The summed E-state index contributed by atoms with van der Waals surface area (Å²) in [5.41, 5.74) is 5.81. The summed E-state index contributed by atoms with van der Waals surface area (Å²) in [7, 11) is -1.82. The molecule has 0 saturated heterocycles. The number of nitrogens with two attached hydrogens (primary N) is 1. The Morgan fingerprint density at radius 3 is 2.68 bits per heavy atom. The molecule has 1 aliphatic rings. The van der Waals surface area contributed by atoms with Crippen LogP contribution in [-0.4, -0.2) is 38.7 Å². The second-order valence-electron chi connectivity index (χ2n) is 4.95. The van der Waals surface area contributed by atoms with Crippen LogP contribution < -0.4 is 5.73 Å². The number of ether oxygens (including phenoxy) is 1. The van der Waals surface area contributed by atoms with Crippen LogP contribution >= 0.6 is 0 Å². The van der Waals surface area contributed by atoms with Gasteiger partial charge in [-0.2, -0.15) is 0 Å². The molecule has 0 aliphatic heterocycles. The molecule has 106 valence electrons. The van der Waals surface area contributed by atoms with Crippen molar-refractivity contribution in [3.63, 3.8) is 0 Å². The third kappa shape index (κ3) is 2.40. The number of halogens is 1.